The first-order valence-electron chi connectivity index (χ1n) is 31.0. The average molecular weight is 1040 g/mol. The van der Waals surface area contributed by atoms with Crippen molar-refractivity contribution in [1.29, 1.82) is 0 Å². The van der Waals surface area contributed by atoms with E-state index < -0.39 is 6.10 Å². The van der Waals surface area contributed by atoms with E-state index in [9.17, 15) is 14.4 Å². The smallest absolute Gasteiger partial charge is 0.306 e. The zero-order chi connectivity index (χ0) is 54.3. The molecule has 0 aromatic rings. The van der Waals surface area contributed by atoms with Gasteiger partial charge in [0.15, 0.2) is 6.10 Å². The highest BCUT2D eigenvalue weighted by Crippen LogP contribution is 2.15. The quantitative estimate of drug-likeness (QED) is 0.0261. The van der Waals surface area contributed by atoms with Crippen molar-refractivity contribution in [3.05, 3.63) is 122 Å². The van der Waals surface area contributed by atoms with E-state index in [0.717, 1.165) is 122 Å². The second-order valence-corrected chi connectivity index (χ2v) is 20.2. The van der Waals surface area contributed by atoms with Crippen LogP contribution in [0.4, 0.5) is 0 Å². The van der Waals surface area contributed by atoms with Crippen LogP contribution in [0.15, 0.2) is 122 Å². The minimum atomic E-state index is -0.795. The van der Waals surface area contributed by atoms with Crippen LogP contribution < -0.4 is 0 Å². The first-order valence-corrected chi connectivity index (χ1v) is 31.0. The summed E-state index contributed by atoms with van der Waals surface area (Å²) in [5, 5.41) is 0. The molecule has 0 aliphatic carbocycles. The Bertz CT molecular complexity index is 1570. The third-order valence-electron chi connectivity index (χ3n) is 13.0. The van der Waals surface area contributed by atoms with Crippen LogP contribution in [0, 0.1) is 0 Å². The van der Waals surface area contributed by atoms with Crippen LogP contribution >= 0.6 is 0 Å². The van der Waals surface area contributed by atoms with Crippen LogP contribution in [0.2, 0.25) is 0 Å². The van der Waals surface area contributed by atoms with Crippen molar-refractivity contribution in [3.63, 3.8) is 0 Å². The molecule has 0 rings (SSSR count). The van der Waals surface area contributed by atoms with E-state index in [2.05, 4.69) is 142 Å². The van der Waals surface area contributed by atoms with Gasteiger partial charge in [-0.1, -0.05) is 264 Å². The van der Waals surface area contributed by atoms with Gasteiger partial charge >= 0.3 is 17.9 Å². The summed E-state index contributed by atoms with van der Waals surface area (Å²) < 4.78 is 16.8. The van der Waals surface area contributed by atoms with E-state index >= 15 is 0 Å². The summed E-state index contributed by atoms with van der Waals surface area (Å²) in [6.07, 6.45) is 86.4. The number of hydrogen-bond acceptors (Lipinski definition) is 6. The predicted octanol–water partition coefficient (Wildman–Crippen LogP) is 21.2. The summed E-state index contributed by atoms with van der Waals surface area (Å²) in [6.45, 7) is 6.48. The molecule has 0 saturated carbocycles. The zero-order valence-electron chi connectivity index (χ0n) is 48.8. The Morgan fingerprint density at radius 3 is 0.840 bits per heavy atom. The van der Waals surface area contributed by atoms with Crippen molar-refractivity contribution in [2.45, 2.75) is 284 Å². The highest BCUT2D eigenvalue weighted by Gasteiger charge is 2.19. The van der Waals surface area contributed by atoms with Gasteiger partial charge in [0.05, 0.1) is 0 Å². The zero-order valence-corrected chi connectivity index (χ0v) is 48.8. The fourth-order valence-corrected chi connectivity index (χ4v) is 8.31. The average Bonchev–Trinajstić information content (AvgIpc) is 3.41. The van der Waals surface area contributed by atoms with E-state index in [1.165, 1.54) is 116 Å². The number of carbonyl (C=O) groups is 3. The van der Waals surface area contributed by atoms with E-state index in [-0.39, 0.29) is 31.1 Å². The molecule has 0 N–H and O–H groups in total. The van der Waals surface area contributed by atoms with Gasteiger partial charge in [0, 0.05) is 19.3 Å². The molecule has 6 heteroatoms. The standard InChI is InChI=1S/C69H114O6/c1-4-7-10-13-16-19-21-23-25-27-28-29-30-31-32-33-34-35-36-37-38-39-40-42-43-45-47-50-53-56-59-62-68(71)74-65-66(64-73-67(70)61-58-55-52-49-18-15-12-9-6-3)75-69(72)63-60-57-54-51-48-46-44-41-26-24-22-20-17-14-11-8-5-2/h7,10,16,19,23-26,28-29,31-32,34-35,37-38,40,42,45,47,66H,4-6,8-9,11-15,17-18,20-22,27,30,33,36,39,41,43-44,46,48-65H2,1-3H3/b10-7-,19-16-,25-23-,26-24-,29-28-,32-31-,35-34-,38-37-,42-40-,47-45-. The van der Waals surface area contributed by atoms with Crippen molar-refractivity contribution >= 4 is 17.9 Å². The summed E-state index contributed by atoms with van der Waals surface area (Å²) in [7, 11) is 0. The molecular weight excluding hydrogens is 925 g/mol. The number of esters is 3. The van der Waals surface area contributed by atoms with Crippen molar-refractivity contribution in [3.8, 4) is 0 Å². The van der Waals surface area contributed by atoms with Gasteiger partial charge in [-0.25, -0.2) is 0 Å². The van der Waals surface area contributed by atoms with Gasteiger partial charge in [-0.2, -0.15) is 0 Å². The lowest BCUT2D eigenvalue weighted by Gasteiger charge is -2.18. The highest BCUT2D eigenvalue weighted by atomic mass is 16.6. The van der Waals surface area contributed by atoms with E-state index in [4.69, 9.17) is 14.2 Å². The van der Waals surface area contributed by atoms with Gasteiger partial charge in [-0.3, -0.25) is 14.4 Å². The summed E-state index contributed by atoms with van der Waals surface area (Å²) in [5.74, 6) is -0.930. The van der Waals surface area contributed by atoms with Gasteiger partial charge in [-0.05, 0) is 116 Å². The van der Waals surface area contributed by atoms with Crippen LogP contribution in [-0.2, 0) is 28.6 Å². The molecule has 0 amide bonds. The normalized spacial score (nSPS) is 12.9. The number of allylic oxidation sites excluding steroid dienone is 20. The summed E-state index contributed by atoms with van der Waals surface area (Å²) >= 11 is 0. The second kappa shape index (κ2) is 62.4. The molecule has 6 nitrogen and oxygen atoms in total. The minimum absolute atomic E-state index is 0.0905. The van der Waals surface area contributed by atoms with Crippen molar-refractivity contribution in [2.24, 2.45) is 0 Å². The molecular formula is C69H114O6. The van der Waals surface area contributed by atoms with E-state index in [1.807, 2.05) is 0 Å². The molecule has 1 unspecified atom stereocenters. The van der Waals surface area contributed by atoms with Crippen LogP contribution in [0.1, 0.15) is 278 Å². The Morgan fingerprint density at radius 1 is 0.280 bits per heavy atom. The Balaban J connectivity index is 4.31. The highest BCUT2D eigenvalue weighted by molar-refractivity contribution is 5.71. The number of unbranched alkanes of at least 4 members (excludes halogenated alkanes) is 24. The molecule has 0 aromatic carbocycles. The maximum Gasteiger partial charge on any atom is 0.306 e. The lowest BCUT2D eigenvalue weighted by Crippen LogP contribution is -2.30. The monoisotopic (exact) mass is 1040 g/mol. The molecule has 1 atom stereocenters. The molecule has 0 heterocycles. The Hall–Kier alpha value is -4.19. The molecule has 0 spiro atoms. The van der Waals surface area contributed by atoms with Gasteiger partial charge < -0.3 is 14.2 Å². The number of hydrogen-bond donors (Lipinski definition) is 0. The number of carbonyl (C=O) groups excluding carboxylic acids is 3. The Morgan fingerprint density at radius 2 is 0.520 bits per heavy atom. The molecule has 75 heavy (non-hydrogen) atoms. The van der Waals surface area contributed by atoms with Gasteiger partial charge in [0.2, 0.25) is 0 Å². The van der Waals surface area contributed by atoms with E-state index in [0.29, 0.717) is 19.3 Å². The summed E-state index contributed by atoms with van der Waals surface area (Å²) in [6, 6.07) is 0. The molecule has 0 aliphatic rings. The van der Waals surface area contributed by atoms with E-state index in [1.54, 1.807) is 0 Å². The molecule has 0 aromatic heterocycles. The van der Waals surface area contributed by atoms with Crippen molar-refractivity contribution in [1.82, 2.24) is 0 Å². The van der Waals surface area contributed by atoms with Gasteiger partial charge in [-0.15, -0.1) is 0 Å². The largest absolute Gasteiger partial charge is 0.462 e. The molecule has 426 valence electrons. The third-order valence-corrected chi connectivity index (χ3v) is 13.0. The fourth-order valence-electron chi connectivity index (χ4n) is 8.31. The Kier molecular flexibility index (Phi) is 58.9. The van der Waals surface area contributed by atoms with Crippen LogP contribution in [-0.4, -0.2) is 37.2 Å². The molecule has 0 bridgehead atoms. The van der Waals surface area contributed by atoms with Crippen LogP contribution in [0.5, 0.6) is 0 Å². The predicted molar refractivity (Wildman–Crippen MR) is 325 cm³/mol. The first-order chi connectivity index (χ1) is 37.0. The number of rotatable bonds is 55. The lowest BCUT2D eigenvalue weighted by atomic mass is 10.1. The van der Waals surface area contributed by atoms with Crippen molar-refractivity contribution in [2.75, 3.05) is 13.2 Å². The van der Waals surface area contributed by atoms with Crippen LogP contribution in [0.25, 0.3) is 0 Å². The molecule has 0 fully saturated rings. The van der Waals surface area contributed by atoms with Gasteiger partial charge in [0.1, 0.15) is 13.2 Å². The summed E-state index contributed by atoms with van der Waals surface area (Å²) in [5.41, 5.74) is 0. The lowest BCUT2D eigenvalue weighted by molar-refractivity contribution is -0.167. The third kappa shape index (κ3) is 60.6. The van der Waals surface area contributed by atoms with Crippen LogP contribution in [0.3, 0.4) is 0 Å². The molecule has 0 saturated heterocycles. The molecule has 0 radical (unpaired) electrons. The second-order valence-electron chi connectivity index (χ2n) is 20.2. The maximum absolute atomic E-state index is 12.8. The SMILES string of the molecule is CC/C=C\C/C=C\C/C=C\C/C=C\C/C=C\C/C=C\C/C=C\C/C=C\C/C=C\CCCCCC(=O)OCC(COC(=O)CCCCCCCCCCC)OC(=O)CCCCCCCCC/C=C\CCCCCCCC. The minimum Gasteiger partial charge on any atom is -0.462 e. The molecule has 0 aliphatic heterocycles. The Labute approximate surface area is 462 Å². The van der Waals surface area contributed by atoms with Gasteiger partial charge in [0.25, 0.3) is 0 Å². The summed E-state index contributed by atoms with van der Waals surface area (Å²) in [4.78, 5) is 38.1. The topological polar surface area (TPSA) is 78.9 Å². The first kappa shape index (κ1) is 70.8. The fraction of sp³-hybridized carbons (Fsp3) is 0.667. The van der Waals surface area contributed by atoms with Crippen molar-refractivity contribution < 1.29 is 28.6 Å². The maximum atomic E-state index is 12.8. The number of ether oxygens (including phenoxy) is 3.